The van der Waals surface area contributed by atoms with Crippen molar-refractivity contribution in [2.45, 2.75) is 52.4 Å². The molecule has 0 fully saturated rings. The lowest BCUT2D eigenvalue weighted by Gasteiger charge is -2.24. The van der Waals surface area contributed by atoms with Crippen LogP contribution >= 0.6 is 0 Å². The van der Waals surface area contributed by atoms with Gasteiger partial charge in [-0.15, -0.1) is 11.5 Å². The summed E-state index contributed by atoms with van der Waals surface area (Å²) < 4.78 is 0. The van der Waals surface area contributed by atoms with Crippen molar-refractivity contribution in [1.29, 1.82) is 0 Å². The molecular formula is C12H24O2Si. The lowest BCUT2D eigenvalue weighted by atomic mass is 9.84. The van der Waals surface area contributed by atoms with E-state index in [1.807, 2.05) is 0 Å². The first-order valence-electron chi connectivity index (χ1n) is 5.45. The van der Waals surface area contributed by atoms with Gasteiger partial charge in [0.05, 0.1) is 12.7 Å². The van der Waals surface area contributed by atoms with E-state index < -0.39 is 14.2 Å². The van der Waals surface area contributed by atoms with Gasteiger partial charge in [0, 0.05) is 6.42 Å². The molecule has 1 atom stereocenters. The van der Waals surface area contributed by atoms with Gasteiger partial charge in [-0.1, -0.05) is 33.5 Å². The van der Waals surface area contributed by atoms with E-state index in [1.165, 1.54) is 0 Å². The van der Waals surface area contributed by atoms with Gasteiger partial charge in [-0.2, -0.15) is 0 Å². The van der Waals surface area contributed by atoms with Crippen LogP contribution in [0.1, 0.15) is 26.7 Å². The molecule has 2 N–H and O–H groups in total. The lowest BCUT2D eigenvalue weighted by molar-refractivity contribution is 0.0579. The average Bonchev–Trinajstić information content (AvgIpc) is 2.00. The van der Waals surface area contributed by atoms with Gasteiger partial charge < -0.3 is 10.2 Å². The third-order valence-corrected chi connectivity index (χ3v) is 2.96. The molecule has 0 heterocycles. The Hall–Kier alpha value is -0.303. The molecule has 2 nitrogen and oxygen atoms in total. The van der Waals surface area contributed by atoms with Crippen LogP contribution in [0.2, 0.25) is 19.6 Å². The number of hydrogen-bond acceptors (Lipinski definition) is 2. The van der Waals surface area contributed by atoms with Gasteiger partial charge in [0.25, 0.3) is 0 Å². The minimum Gasteiger partial charge on any atom is -0.394 e. The van der Waals surface area contributed by atoms with Crippen molar-refractivity contribution < 1.29 is 10.2 Å². The van der Waals surface area contributed by atoms with Crippen LogP contribution in [0.4, 0.5) is 0 Å². The summed E-state index contributed by atoms with van der Waals surface area (Å²) in [5.74, 6) is 3.21. The fourth-order valence-electron chi connectivity index (χ4n) is 1.32. The second kappa shape index (κ2) is 5.69. The second-order valence-electron chi connectivity index (χ2n) is 5.93. The van der Waals surface area contributed by atoms with Gasteiger partial charge >= 0.3 is 0 Å². The summed E-state index contributed by atoms with van der Waals surface area (Å²) in [6.45, 7) is 10.6. The van der Waals surface area contributed by atoms with Crippen LogP contribution in [0.5, 0.6) is 0 Å². The van der Waals surface area contributed by atoms with Crippen LogP contribution in [0.25, 0.3) is 0 Å². The van der Waals surface area contributed by atoms with Crippen LogP contribution < -0.4 is 0 Å². The Bertz CT molecular complexity index is 243. The summed E-state index contributed by atoms with van der Waals surface area (Å²) in [6, 6.07) is 0. The van der Waals surface area contributed by atoms with Gasteiger partial charge in [-0.05, 0) is 11.8 Å². The van der Waals surface area contributed by atoms with Crippen molar-refractivity contribution in [2.24, 2.45) is 5.41 Å². The van der Waals surface area contributed by atoms with E-state index >= 15 is 0 Å². The number of aliphatic hydroxyl groups excluding tert-OH is 2. The molecule has 3 heteroatoms. The molecule has 0 aromatic heterocycles. The van der Waals surface area contributed by atoms with E-state index in [-0.39, 0.29) is 12.0 Å². The van der Waals surface area contributed by atoms with Crippen LogP contribution in [0.15, 0.2) is 0 Å². The van der Waals surface area contributed by atoms with Crippen LogP contribution in [0.3, 0.4) is 0 Å². The van der Waals surface area contributed by atoms with Crippen molar-refractivity contribution in [2.75, 3.05) is 6.61 Å². The van der Waals surface area contributed by atoms with Crippen molar-refractivity contribution in [3.63, 3.8) is 0 Å². The van der Waals surface area contributed by atoms with Crippen LogP contribution in [0, 0.1) is 16.9 Å². The Kier molecular flexibility index (Phi) is 5.58. The van der Waals surface area contributed by atoms with E-state index in [2.05, 4.69) is 45.0 Å². The Morgan fingerprint density at radius 3 is 2.20 bits per heavy atom. The van der Waals surface area contributed by atoms with Gasteiger partial charge in [-0.3, -0.25) is 0 Å². The molecule has 0 aromatic carbocycles. The maximum absolute atomic E-state index is 9.36. The summed E-state index contributed by atoms with van der Waals surface area (Å²) in [6.07, 6.45) is 0.770. The van der Waals surface area contributed by atoms with Crippen LogP contribution in [-0.2, 0) is 0 Å². The quantitative estimate of drug-likeness (QED) is 0.571. The molecule has 0 saturated heterocycles. The molecule has 0 saturated carbocycles. The third kappa shape index (κ3) is 8.68. The molecule has 1 unspecified atom stereocenters. The van der Waals surface area contributed by atoms with E-state index in [4.69, 9.17) is 5.11 Å². The zero-order valence-corrected chi connectivity index (χ0v) is 11.6. The predicted molar refractivity (Wildman–Crippen MR) is 67.2 cm³/mol. The maximum atomic E-state index is 9.36. The Morgan fingerprint density at radius 1 is 1.27 bits per heavy atom. The monoisotopic (exact) mass is 228 g/mol. The first-order chi connectivity index (χ1) is 6.66. The molecule has 0 bridgehead atoms. The zero-order chi connectivity index (χ0) is 12.1. The second-order valence-corrected chi connectivity index (χ2v) is 10.7. The highest BCUT2D eigenvalue weighted by Gasteiger charge is 2.21. The predicted octanol–water partition coefficient (Wildman–Crippen LogP) is 2.03. The third-order valence-electron chi connectivity index (χ3n) is 2.03. The van der Waals surface area contributed by atoms with Gasteiger partial charge in [0.15, 0.2) is 0 Å². The minimum atomic E-state index is -1.28. The maximum Gasteiger partial charge on any atom is 0.129 e. The van der Waals surface area contributed by atoms with E-state index in [1.54, 1.807) is 0 Å². The molecule has 0 aliphatic carbocycles. The van der Waals surface area contributed by atoms with Gasteiger partial charge in [-0.25, -0.2) is 0 Å². The SMILES string of the molecule is CC(C)(CC#C[Si](C)(C)C)CC(O)CO. The fourth-order valence-corrected chi connectivity index (χ4v) is 1.94. The van der Waals surface area contributed by atoms with E-state index in [9.17, 15) is 5.11 Å². The van der Waals surface area contributed by atoms with Gasteiger partial charge in [0.2, 0.25) is 0 Å². The Morgan fingerprint density at radius 2 is 1.80 bits per heavy atom. The molecule has 0 radical (unpaired) electrons. The molecule has 0 aliphatic heterocycles. The smallest absolute Gasteiger partial charge is 0.129 e. The average molecular weight is 228 g/mol. The van der Waals surface area contributed by atoms with E-state index in [0.717, 1.165) is 6.42 Å². The first-order valence-corrected chi connectivity index (χ1v) is 8.95. The zero-order valence-electron chi connectivity index (χ0n) is 10.6. The number of rotatable bonds is 4. The Balaban J connectivity index is 4.19. The molecule has 0 amide bonds. The molecular weight excluding hydrogens is 204 g/mol. The highest BCUT2D eigenvalue weighted by molar-refractivity contribution is 6.83. The summed E-state index contributed by atoms with van der Waals surface area (Å²) in [5, 5.41) is 18.1. The summed E-state index contributed by atoms with van der Waals surface area (Å²) >= 11 is 0. The molecule has 0 rings (SSSR count). The normalized spacial score (nSPS) is 14.3. The lowest BCUT2D eigenvalue weighted by Crippen LogP contribution is -2.23. The van der Waals surface area contributed by atoms with Crippen molar-refractivity contribution in [3.05, 3.63) is 0 Å². The molecule has 0 aliphatic rings. The molecule has 88 valence electrons. The highest BCUT2D eigenvalue weighted by atomic mass is 28.3. The number of hydrogen-bond donors (Lipinski definition) is 2. The van der Waals surface area contributed by atoms with Crippen LogP contribution in [-0.4, -0.2) is 31.0 Å². The van der Waals surface area contributed by atoms with Crippen molar-refractivity contribution in [1.82, 2.24) is 0 Å². The largest absolute Gasteiger partial charge is 0.394 e. The molecule has 15 heavy (non-hydrogen) atoms. The first kappa shape index (κ1) is 14.7. The molecule has 0 aromatic rings. The Labute approximate surface area is 94.7 Å². The summed E-state index contributed by atoms with van der Waals surface area (Å²) in [5.41, 5.74) is 3.29. The molecule has 0 spiro atoms. The van der Waals surface area contributed by atoms with Crippen molar-refractivity contribution >= 4 is 8.07 Å². The minimum absolute atomic E-state index is 0.0191. The fraction of sp³-hybridized carbons (Fsp3) is 0.833. The standard InChI is InChI=1S/C12H24O2Si/c1-12(2,9-11(14)10-13)7-6-8-15(3,4)5/h11,13-14H,7,9-10H2,1-5H3. The van der Waals surface area contributed by atoms with Gasteiger partial charge in [0.1, 0.15) is 8.07 Å². The highest BCUT2D eigenvalue weighted by Crippen LogP contribution is 2.26. The topological polar surface area (TPSA) is 40.5 Å². The van der Waals surface area contributed by atoms with E-state index in [0.29, 0.717) is 6.42 Å². The van der Waals surface area contributed by atoms with Crippen molar-refractivity contribution in [3.8, 4) is 11.5 Å². The summed E-state index contributed by atoms with van der Waals surface area (Å²) in [4.78, 5) is 0. The summed E-state index contributed by atoms with van der Waals surface area (Å²) in [7, 11) is -1.28. The number of aliphatic hydroxyl groups is 2.